The number of benzene rings is 1. The van der Waals surface area contributed by atoms with E-state index in [4.69, 9.17) is 10.7 Å². The summed E-state index contributed by atoms with van der Waals surface area (Å²) < 4.78 is 50.7. The van der Waals surface area contributed by atoms with Gasteiger partial charge in [-0.3, -0.25) is 4.79 Å². The summed E-state index contributed by atoms with van der Waals surface area (Å²) in [6.07, 6.45) is 0.0475. The molecule has 1 amide bonds. The largest absolute Gasteiger partial charge is 0.435 e. The number of rotatable bonds is 5. The van der Waals surface area contributed by atoms with E-state index in [1.54, 1.807) is 6.07 Å². The first-order valence-corrected chi connectivity index (χ1v) is 8.50. The van der Waals surface area contributed by atoms with Crippen LogP contribution in [0.5, 0.6) is 5.75 Å². The van der Waals surface area contributed by atoms with Crippen molar-refractivity contribution >= 4 is 31.3 Å². The summed E-state index contributed by atoms with van der Waals surface area (Å²) in [4.78, 5) is 13.2. The Morgan fingerprint density at radius 1 is 1.43 bits per heavy atom. The smallest absolute Gasteiger partial charge is 0.387 e. The molecule has 1 atom stereocenters. The van der Waals surface area contributed by atoms with Crippen LogP contribution >= 0.6 is 10.7 Å². The molecule has 0 aromatic heterocycles. The molecule has 1 aliphatic heterocycles. The number of nitrogens with zero attached hydrogens (tertiary/aromatic N) is 1. The SMILES string of the molecule is O=C1CC(CS(=O)(=O)Cl)CN1c1cccc(OC(F)F)c1. The van der Waals surface area contributed by atoms with Crippen molar-refractivity contribution in [3.63, 3.8) is 0 Å². The highest BCUT2D eigenvalue weighted by atomic mass is 35.7. The van der Waals surface area contributed by atoms with Gasteiger partial charge in [-0.2, -0.15) is 8.78 Å². The zero-order valence-corrected chi connectivity index (χ0v) is 12.3. The quantitative estimate of drug-likeness (QED) is 0.772. The molecule has 2 rings (SSSR count). The van der Waals surface area contributed by atoms with E-state index < -0.39 is 21.6 Å². The first-order valence-electron chi connectivity index (χ1n) is 6.02. The molecular weight excluding hydrogens is 328 g/mol. The van der Waals surface area contributed by atoms with Crippen LogP contribution in [0.25, 0.3) is 0 Å². The van der Waals surface area contributed by atoms with Crippen LogP contribution < -0.4 is 9.64 Å². The fraction of sp³-hybridized carbons (Fsp3) is 0.417. The van der Waals surface area contributed by atoms with Crippen LogP contribution in [0.15, 0.2) is 24.3 Å². The van der Waals surface area contributed by atoms with Gasteiger partial charge in [0.25, 0.3) is 0 Å². The van der Waals surface area contributed by atoms with Crippen LogP contribution in [0.3, 0.4) is 0 Å². The van der Waals surface area contributed by atoms with Crippen molar-refractivity contribution in [2.24, 2.45) is 5.92 Å². The number of halogens is 3. The molecule has 1 fully saturated rings. The molecule has 21 heavy (non-hydrogen) atoms. The standard InChI is InChI=1S/C12H12ClF2NO4S/c13-21(18,19)7-8-4-11(17)16(6-8)9-2-1-3-10(5-9)20-12(14)15/h1-3,5,8,12H,4,6-7H2. The summed E-state index contributed by atoms with van der Waals surface area (Å²) in [6.45, 7) is -2.79. The highest BCUT2D eigenvalue weighted by Crippen LogP contribution is 2.29. The van der Waals surface area contributed by atoms with Crippen molar-refractivity contribution in [2.45, 2.75) is 13.0 Å². The number of amides is 1. The van der Waals surface area contributed by atoms with Crippen molar-refractivity contribution in [1.82, 2.24) is 0 Å². The van der Waals surface area contributed by atoms with Crippen LogP contribution in [-0.2, 0) is 13.8 Å². The van der Waals surface area contributed by atoms with Gasteiger partial charge in [0, 0.05) is 41.3 Å². The maximum absolute atomic E-state index is 12.2. The third-order valence-electron chi connectivity index (χ3n) is 2.99. The van der Waals surface area contributed by atoms with E-state index in [1.165, 1.54) is 23.1 Å². The van der Waals surface area contributed by atoms with E-state index in [0.717, 1.165) is 0 Å². The molecule has 0 spiro atoms. The Morgan fingerprint density at radius 3 is 2.76 bits per heavy atom. The summed E-state index contributed by atoms with van der Waals surface area (Å²) in [5.74, 6) is -1.07. The molecule has 0 aliphatic carbocycles. The number of ether oxygens (including phenoxy) is 1. The van der Waals surface area contributed by atoms with E-state index in [9.17, 15) is 22.0 Å². The van der Waals surface area contributed by atoms with Crippen LogP contribution in [0.1, 0.15) is 6.42 Å². The molecule has 0 saturated carbocycles. The van der Waals surface area contributed by atoms with Crippen molar-refractivity contribution < 1.29 is 26.7 Å². The summed E-state index contributed by atoms with van der Waals surface area (Å²) in [6, 6.07) is 5.69. The number of hydrogen-bond donors (Lipinski definition) is 0. The molecule has 0 radical (unpaired) electrons. The Kier molecular flexibility index (Phi) is 4.67. The lowest BCUT2D eigenvalue weighted by Crippen LogP contribution is -2.25. The van der Waals surface area contributed by atoms with Gasteiger partial charge in [0.05, 0.1) is 5.75 Å². The van der Waals surface area contributed by atoms with Crippen molar-refractivity contribution in [3.8, 4) is 5.75 Å². The highest BCUT2D eigenvalue weighted by molar-refractivity contribution is 8.13. The van der Waals surface area contributed by atoms with Crippen LogP contribution in [-0.4, -0.2) is 33.2 Å². The number of alkyl halides is 2. The number of carbonyl (C=O) groups excluding carboxylic acids is 1. The zero-order valence-electron chi connectivity index (χ0n) is 10.7. The summed E-state index contributed by atoms with van der Waals surface area (Å²) in [5.41, 5.74) is 0.382. The maximum Gasteiger partial charge on any atom is 0.387 e. The van der Waals surface area contributed by atoms with E-state index in [1.807, 2.05) is 0 Å². The van der Waals surface area contributed by atoms with E-state index >= 15 is 0 Å². The van der Waals surface area contributed by atoms with E-state index in [2.05, 4.69) is 4.74 Å². The first kappa shape index (κ1) is 16.0. The third-order valence-corrected chi connectivity index (χ3v) is 4.24. The first-order chi connectivity index (χ1) is 9.74. The summed E-state index contributed by atoms with van der Waals surface area (Å²) >= 11 is 0. The molecule has 1 aromatic rings. The monoisotopic (exact) mass is 339 g/mol. The molecule has 1 unspecified atom stereocenters. The third kappa shape index (κ3) is 4.53. The summed E-state index contributed by atoms with van der Waals surface area (Å²) in [7, 11) is 1.49. The number of anilines is 1. The Balaban J connectivity index is 2.13. The summed E-state index contributed by atoms with van der Waals surface area (Å²) in [5, 5.41) is 0. The predicted molar refractivity (Wildman–Crippen MR) is 73.2 cm³/mol. The van der Waals surface area contributed by atoms with Crippen molar-refractivity contribution in [3.05, 3.63) is 24.3 Å². The van der Waals surface area contributed by atoms with Gasteiger partial charge >= 0.3 is 6.61 Å². The molecule has 0 N–H and O–H groups in total. The molecule has 5 nitrogen and oxygen atoms in total. The van der Waals surface area contributed by atoms with Gasteiger partial charge in [-0.15, -0.1) is 0 Å². The van der Waals surface area contributed by atoms with Crippen molar-refractivity contribution in [2.75, 3.05) is 17.2 Å². The Hall–Kier alpha value is -1.41. The lowest BCUT2D eigenvalue weighted by atomic mass is 10.1. The van der Waals surface area contributed by atoms with Crippen molar-refractivity contribution in [1.29, 1.82) is 0 Å². The lowest BCUT2D eigenvalue weighted by molar-refractivity contribution is -0.117. The Labute approximate surface area is 124 Å². The maximum atomic E-state index is 12.2. The molecular formula is C12H12ClF2NO4S. The number of carbonyl (C=O) groups is 1. The van der Waals surface area contributed by atoms with Gasteiger partial charge in [0.2, 0.25) is 15.0 Å². The second kappa shape index (κ2) is 6.15. The second-order valence-corrected chi connectivity index (χ2v) is 7.48. The predicted octanol–water partition coefficient (Wildman–Crippen LogP) is 2.21. The topological polar surface area (TPSA) is 63.7 Å². The second-order valence-electron chi connectivity index (χ2n) is 4.66. The van der Waals surface area contributed by atoms with Crippen LogP contribution in [0.4, 0.5) is 14.5 Å². The minimum Gasteiger partial charge on any atom is -0.435 e. The molecule has 1 aromatic carbocycles. The normalized spacial score (nSPS) is 19.3. The zero-order chi connectivity index (χ0) is 15.6. The average Bonchev–Trinajstić information content (AvgIpc) is 2.67. The lowest BCUT2D eigenvalue weighted by Gasteiger charge is -2.17. The molecule has 0 bridgehead atoms. The van der Waals surface area contributed by atoms with Gasteiger partial charge in [0.1, 0.15) is 5.75 Å². The minimum atomic E-state index is -3.69. The molecule has 116 valence electrons. The highest BCUT2D eigenvalue weighted by Gasteiger charge is 2.33. The molecule has 1 aliphatic rings. The fourth-order valence-electron chi connectivity index (χ4n) is 2.25. The number of hydrogen-bond acceptors (Lipinski definition) is 4. The molecule has 1 heterocycles. The minimum absolute atomic E-state index is 0.0475. The molecule has 1 saturated heterocycles. The molecule has 9 heteroatoms. The Bertz CT molecular complexity index is 638. The van der Waals surface area contributed by atoms with Crippen LogP contribution in [0.2, 0.25) is 0 Å². The van der Waals surface area contributed by atoms with E-state index in [0.29, 0.717) is 5.69 Å². The van der Waals surface area contributed by atoms with Gasteiger partial charge in [-0.25, -0.2) is 8.42 Å². The fourth-order valence-corrected chi connectivity index (χ4v) is 3.57. The Morgan fingerprint density at radius 2 is 2.14 bits per heavy atom. The average molecular weight is 340 g/mol. The van der Waals surface area contributed by atoms with E-state index in [-0.39, 0.29) is 30.4 Å². The van der Waals surface area contributed by atoms with Gasteiger partial charge < -0.3 is 9.64 Å². The van der Waals surface area contributed by atoms with Gasteiger partial charge in [-0.05, 0) is 12.1 Å². The van der Waals surface area contributed by atoms with Gasteiger partial charge in [0.15, 0.2) is 0 Å². The van der Waals surface area contributed by atoms with Crippen LogP contribution in [0, 0.1) is 5.92 Å². The van der Waals surface area contributed by atoms with Gasteiger partial charge in [-0.1, -0.05) is 6.07 Å².